The highest BCUT2D eigenvalue weighted by atomic mass is 19.4. The fourth-order valence-electron chi connectivity index (χ4n) is 11.2. The molecule has 8 rings (SSSR count). The zero-order valence-corrected chi connectivity index (χ0v) is 81.8. The Morgan fingerprint density at radius 1 is 0.500 bits per heavy atom. The van der Waals surface area contributed by atoms with Crippen molar-refractivity contribution in [2.24, 2.45) is 94.7 Å². The zero-order valence-electron chi connectivity index (χ0n) is 81.8. The van der Waals surface area contributed by atoms with E-state index in [0.29, 0.717) is 62.7 Å². The van der Waals surface area contributed by atoms with Crippen molar-refractivity contribution in [1.29, 1.82) is 0 Å². The van der Waals surface area contributed by atoms with Crippen LogP contribution in [0.15, 0.2) is 0 Å². The molecular weight excluding hydrogens is 1450 g/mol. The largest absolute Gasteiger partial charge is 0.396 e. The van der Waals surface area contributed by atoms with Crippen LogP contribution in [-0.2, 0) is 23.8 Å². The first kappa shape index (κ1) is 123. The highest BCUT2D eigenvalue weighted by Gasteiger charge is 2.33. The minimum absolute atomic E-state index is 0.153. The van der Waals surface area contributed by atoms with E-state index in [4.69, 9.17) is 19.3 Å². The van der Waals surface area contributed by atoms with E-state index < -0.39 is 30.0 Å². The van der Waals surface area contributed by atoms with Gasteiger partial charge in [-0.05, 0) is 256 Å². The number of hydrogen-bond acceptors (Lipinski definition) is 13. The Morgan fingerprint density at radius 3 is 1.12 bits per heavy atom. The lowest BCUT2D eigenvalue weighted by Crippen LogP contribution is -2.50. The normalized spacial score (nSPS) is 20.5. The number of rotatable bonds is 15. The quantitative estimate of drug-likeness (QED) is 0.115. The monoisotopic (exact) mass is 1650 g/mol. The second-order valence-electron chi connectivity index (χ2n) is 39.8. The molecular formula is C94H198F5N7O8. The lowest BCUT2D eigenvalue weighted by Gasteiger charge is -2.37. The second kappa shape index (κ2) is 71.7. The summed E-state index contributed by atoms with van der Waals surface area (Å²) < 4.78 is 71.5. The molecule has 2 saturated carbocycles. The number of amides is 2. The van der Waals surface area contributed by atoms with Gasteiger partial charge in [0.05, 0.1) is 44.2 Å². The Balaban J connectivity index is -0.000000278. The van der Waals surface area contributed by atoms with Crippen LogP contribution in [0.2, 0.25) is 0 Å². The number of halogens is 5. The maximum Gasteiger partial charge on any atom is 0.391 e. The number of aliphatic hydroxyl groups is 3. The van der Waals surface area contributed by atoms with Gasteiger partial charge in [0.1, 0.15) is 0 Å². The molecule has 0 aromatic rings. The van der Waals surface area contributed by atoms with Crippen LogP contribution in [0.25, 0.3) is 0 Å². The van der Waals surface area contributed by atoms with E-state index in [1.54, 1.807) is 0 Å². The van der Waals surface area contributed by atoms with E-state index in [9.17, 15) is 41.8 Å². The van der Waals surface area contributed by atoms with Crippen molar-refractivity contribution in [2.45, 2.75) is 360 Å². The van der Waals surface area contributed by atoms with Gasteiger partial charge in [-0.3, -0.25) is 19.4 Å². The lowest BCUT2D eigenvalue weighted by molar-refractivity contribution is -0.164. The summed E-state index contributed by atoms with van der Waals surface area (Å²) in [7, 11) is 6.37. The molecule has 15 nitrogen and oxygen atoms in total. The van der Waals surface area contributed by atoms with Crippen molar-refractivity contribution < 1.29 is 61.1 Å². The average molecular weight is 1650 g/mol. The number of carbonyl (C=O) groups is 2. The molecule has 6 saturated heterocycles. The predicted octanol–water partition coefficient (Wildman–Crippen LogP) is 21.7. The number of ether oxygens (including phenoxy) is 3. The predicted molar refractivity (Wildman–Crippen MR) is 481 cm³/mol. The zero-order chi connectivity index (χ0) is 89.8. The minimum atomic E-state index is -4.00. The van der Waals surface area contributed by atoms with E-state index in [2.05, 4.69) is 224 Å². The highest BCUT2D eigenvalue weighted by Crippen LogP contribution is 2.36. The summed E-state index contributed by atoms with van der Waals surface area (Å²) >= 11 is 0. The molecule has 4 N–H and O–H groups in total. The summed E-state index contributed by atoms with van der Waals surface area (Å²) in [5, 5.41) is 30.3. The molecule has 0 aromatic heterocycles. The molecule has 114 heavy (non-hydrogen) atoms. The number of carbonyl (C=O) groups excluding carboxylic acids is 2. The Labute approximate surface area is 705 Å². The van der Waals surface area contributed by atoms with Crippen molar-refractivity contribution in [3.8, 4) is 0 Å². The minimum Gasteiger partial charge on any atom is -0.396 e. The second-order valence-corrected chi connectivity index (χ2v) is 39.8. The molecule has 0 spiro atoms. The Bertz CT molecular complexity index is 1960. The summed E-state index contributed by atoms with van der Waals surface area (Å²) in [4.78, 5) is 35.8. The number of morpholine rings is 2. The van der Waals surface area contributed by atoms with Crippen molar-refractivity contribution in [3.63, 3.8) is 0 Å². The topological polar surface area (TPSA) is 154 Å². The average Bonchev–Trinajstić information content (AvgIpc) is 0.887. The number of nitrogens with zero attached hydrogens (tertiary/aromatic N) is 6. The first-order valence-corrected chi connectivity index (χ1v) is 45.6. The summed E-state index contributed by atoms with van der Waals surface area (Å²) in [6.45, 7) is 86.2. The lowest BCUT2D eigenvalue weighted by atomic mass is 9.75. The fourth-order valence-corrected chi connectivity index (χ4v) is 11.2. The van der Waals surface area contributed by atoms with E-state index in [1.807, 2.05) is 32.6 Å². The molecule has 2 aliphatic carbocycles. The van der Waals surface area contributed by atoms with Crippen molar-refractivity contribution in [3.05, 3.63) is 0 Å². The van der Waals surface area contributed by atoms with E-state index in [0.717, 1.165) is 189 Å². The van der Waals surface area contributed by atoms with Crippen LogP contribution in [0.3, 0.4) is 0 Å². The van der Waals surface area contributed by atoms with Gasteiger partial charge in [0, 0.05) is 115 Å². The molecule has 6 aliphatic heterocycles. The van der Waals surface area contributed by atoms with Crippen LogP contribution in [0.5, 0.6) is 0 Å². The van der Waals surface area contributed by atoms with E-state index >= 15 is 0 Å². The molecule has 692 valence electrons. The first-order valence-electron chi connectivity index (χ1n) is 45.6. The maximum atomic E-state index is 11.5. The molecule has 8 aliphatic rings. The molecule has 6 heterocycles. The van der Waals surface area contributed by atoms with Crippen LogP contribution in [-0.4, -0.2) is 244 Å². The Hall–Kier alpha value is -1.85. The van der Waals surface area contributed by atoms with Gasteiger partial charge >= 0.3 is 6.18 Å². The van der Waals surface area contributed by atoms with Gasteiger partial charge in [-0.15, -0.1) is 0 Å². The molecule has 20 heteroatoms. The Kier molecular flexibility index (Phi) is 77.3. The van der Waals surface area contributed by atoms with Crippen LogP contribution in [0, 0.1) is 94.7 Å². The first-order chi connectivity index (χ1) is 52.4. The summed E-state index contributed by atoms with van der Waals surface area (Å²) in [5.74, 6) is 10.4. The third-order valence-corrected chi connectivity index (χ3v) is 21.4. The molecule has 0 atom stereocenters. The fraction of sp³-hybridized carbons (Fsp3) is 0.979. The maximum absolute atomic E-state index is 11.5. The van der Waals surface area contributed by atoms with Gasteiger partial charge in [-0.1, -0.05) is 173 Å². The number of nitrogens with one attached hydrogen (secondary N) is 1. The van der Waals surface area contributed by atoms with Gasteiger partial charge in [0.2, 0.25) is 18.2 Å². The summed E-state index contributed by atoms with van der Waals surface area (Å²) in [6.07, 6.45) is 10.6. The van der Waals surface area contributed by atoms with E-state index in [1.165, 1.54) is 91.3 Å². The van der Waals surface area contributed by atoms with Crippen LogP contribution < -0.4 is 5.32 Å². The number of piperazine rings is 1. The molecule has 0 bridgehead atoms. The van der Waals surface area contributed by atoms with Crippen LogP contribution in [0.1, 0.15) is 318 Å². The third-order valence-electron chi connectivity index (χ3n) is 21.4. The SMILES string of the molecule is CC(C)C.CC(C)C(C)C.CC(C)C(F)(F)F.CC(C)C(F)F.CC(C)C1CC1.CC(C)C1CCC(C)(O)CC1.CC(C)C1CCN(C)CC1.CC(C)CC(=O)N1CCOCC1.CC(C)CC1CCOCC1.CC(C)CN1CCOCC1.CC(C)CO.CC(C)N(C)C.CC(C)N1CCC(C)(O)CC1.CC(C)N1CCNC(=O)C1. The smallest absolute Gasteiger partial charge is 0.391 e. The van der Waals surface area contributed by atoms with Gasteiger partial charge in [0.15, 0.2) is 0 Å². The number of piperidine rings is 2. The van der Waals surface area contributed by atoms with Crippen molar-refractivity contribution in [2.75, 3.05) is 146 Å². The number of alkyl halides is 5. The molecule has 0 unspecified atom stereocenters. The molecule has 0 aromatic carbocycles. The molecule has 0 radical (unpaired) electrons. The van der Waals surface area contributed by atoms with Crippen LogP contribution >= 0.6 is 0 Å². The molecule has 2 amide bonds. The standard InChI is InChI=1S/C10H20O.C9H17NO2.C9H19NO.C9H19N.C9H18O.C8H17NO.C7H14N2O.C6H12.C6H14.C5H13N.C4H7F3.C4H8F2.C4H10O.C4H10/c1-8(2)9-4-6-10(3,11)7-5-9;1-8(2)7-9(11)10-3-5-12-6-4-10;1-8(2)10-6-4-9(3,11)5-7-10;1-8(2)9-4-6-10(3)7-5-9;2*1-8(2)7-9-3-5-10-6-4-9;1-6(2)9-4-3-8-7(10)5-9;1-5(2)6-3-4-6;2*1-5(2)6(3)4;1-3(2)4(5,6)7;1-3(2)4(5)6;1-4(2)3-5;1-4(2)3/h8-9,11H,4-7H2,1-3H3;8H,3-7H2,1-2H3;8,11H,4-7H2,1-3H3;8-9H,4-7H2,1-3H3;8-9H,3-7H2,1-2H3;8H,3-7H2,1-2H3;6H,3-5H2,1-2H3,(H,8,10);5-6H,3-4H2,1-2H3;5-6H,1-4H3;5H,1-4H3;3H,1-2H3;3-4H,1-2H3;4-5H,3H2,1-2H3;4H,1-3H3. The Morgan fingerprint density at radius 2 is 0.851 bits per heavy atom. The summed E-state index contributed by atoms with van der Waals surface area (Å²) in [5.41, 5.74) is -0.753. The number of hydrogen-bond donors (Lipinski definition) is 4. The summed E-state index contributed by atoms with van der Waals surface area (Å²) in [6, 6.07) is 1.81. The number of likely N-dealkylation sites (tertiary alicyclic amines) is 2. The van der Waals surface area contributed by atoms with Gasteiger partial charge in [-0.25, -0.2) is 8.78 Å². The van der Waals surface area contributed by atoms with Gasteiger partial charge < -0.3 is 54.4 Å². The van der Waals surface area contributed by atoms with Crippen LogP contribution in [0.4, 0.5) is 22.0 Å². The van der Waals surface area contributed by atoms with E-state index in [-0.39, 0.29) is 17.4 Å². The molecule has 8 fully saturated rings. The third kappa shape index (κ3) is 83.8. The van der Waals surface area contributed by atoms with Gasteiger partial charge in [-0.2, -0.15) is 13.2 Å². The highest BCUT2D eigenvalue weighted by molar-refractivity contribution is 5.78. The van der Waals surface area contributed by atoms with Crippen molar-refractivity contribution >= 4 is 11.8 Å². The van der Waals surface area contributed by atoms with Crippen molar-refractivity contribution in [1.82, 2.24) is 34.7 Å². The number of aliphatic hydroxyl groups excluding tert-OH is 1. The van der Waals surface area contributed by atoms with Gasteiger partial charge in [0.25, 0.3) is 0 Å².